The molecular formula is C40H39N3O13S4. The van der Waals surface area contributed by atoms with Gasteiger partial charge >= 0.3 is 0 Å². The molecule has 6 rings (SSSR count). The third-order valence-electron chi connectivity index (χ3n) is 9.65. The highest BCUT2D eigenvalue weighted by molar-refractivity contribution is 7.99. The van der Waals surface area contributed by atoms with Crippen LogP contribution in [0.1, 0.15) is 77.3 Å². The Labute approximate surface area is 356 Å². The Morgan fingerprint density at radius 3 is 2.25 bits per heavy atom. The zero-order valence-corrected chi connectivity index (χ0v) is 35.4. The van der Waals surface area contributed by atoms with Crippen molar-refractivity contribution >= 4 is 91.4 Å². The second-order valence-corrected chi connectivity index (χ2v) is 17.5. The predicted octanol–water partition coefficient (Wildman–Crippen LogP) is 8.86. The summed E-state index contributed by atoms with van der Waals surface area (Å²) in [5, 5.41) is 31.0. The zero-order chi connectivity index (χ0) is 43.0. The number of aryl methyl sites for hydroxylation is 1. The molecule has 0 saturated carbocycles. The van der Waals surface area contributed by atoms with Crippen LogP contribution < -0.4 is 16.2 Å². The van der Waals surface area contributed by atoms with Gasteiger partial charge in [0.25, 0.3) is 15.7 Å². The molecule has 0 aliphatic heterocycles. The summed E-state index contributed by atoms with van der Waals surface area (Å²) in [6, 6.07) is 17.9. The van der Waals surface area contributed by atoms with Crippen molar-refractivity contribution < 1.29 is 56.6 Å². The summed E-state index contributed by atoms with van der Waals surface area (Å²) in [7, 11) is -3.49. The van der Waals surface area contributed by atoms with E-state index in [0.29, 0.717) is 40.1 Å². The molecule has 0 radical (unpaired) electrons. The number of amides is 1. The number of anilines is 3. The minimum Gasteiger partial charge on any atom is -0.354 e. The molecule has 0 bridgehead atoms. The highest BCUT2D eigenvalue weighted by Gasteiger charge is 2.34. The quantitative estimate of drug-likeness (QED) is 0.0113. The third-order valence-corrected chi connectivity index (χ3v) is 12.8. The smallest absolute Gasteiger partial charge is 0.296 e. The Balaban J connectivity index is 1.46. The van der Waals surface area contributed by atoms with Gasteiger partial charge in [-0.2, -0.15) is 20.2 Å². The highest BCUT2D eigenvalue weighted by Crippen LogP contribution is 2.45. The molecule has 0 unspecified atom stereocenters. The molecule has 1 aliphatic rings. The van der Waals surface area contributed by atoms with Crippen LogP contribution in [0, 0.1) is 0 Å². The number of pyridine rings is 1. The molecule has 0 fully saturated rings. The number of fused-ring (bicyclic) bond motifs is 2. The minimum atomic E-state index is -4.95. The van der Waals surface area contributed by atoms with Crippen molar-refractivity contribution in [3.05, 3.63) is 105 Å². The van der Waals surface area contributed by atoms with E-state index < -0.39 is 38.0 Å². The molecule has 1 aliphatic carbocycles. The number of carbonyl (C=O) groups excluding carboxylic acids is 3. The fourth-order valence-electron chi connectivity index (χ4n) is 6.95. The van der Waals surface area contributed by atoms with Crippen LogP contribution in [0.15, 0.2) is 92.3 Å². The molecule has 60 heavy (non-hydrogen) atoms. The molecule has 4 aromatic carbocycles. The number of thioether (sulfide) groups is 1. The van der Waals surface area contributed by atoms with Crippen LogP contribution in [0.5, 0.6) is 0 Å². The Bertz CT molecular complexity index is 2620. The molecule has 1 amide bonds. The normalized spacial score (nSPS) is 12.1. The van der Waals surface area contributed by atoms with E-state index in [4.69, 9.17) is 10.5 Å². The lowest BCUT2D eigenvalue weighted by Crippen LogP contribution is -2.29. The van der Waals surface area contributed by atoms with Crippen molar-refractivity contribution in [3.8, 4) is 11.1 Å². The number of ketones is 2. The molecule has 316 valence electrons. The molecule has 20 heteroatoms. The number of nitrogens with one attached hydrogen (secondary N) is 2. The average molecular weight is 898 g/mol. The molecule has 1 aromatic heterocycles. The number of nitrogens with zero attached hydrogens (tertiary/aromatic N) is 1. The van der Waals surface area contributed by atoms with Gasteiger partial charge in [0.05, 0.1) is 68.4 Å². The number of benzene rings is 4. The van der Waals surface area contributed by atoms with Crippen molar-refractivity contribution in [1.29, 1.82) is 0 Å². The van der Waals surface area contributed by atoms with E-state index in [9.17, 15) is 32.1 Å². The van der Waals surface area contributed by atoms with Crippen molar-refractivity contribution in [2.75, 3.05) is 22.1 Å². The maximum atomic E-state index is 14.5. The molecule has 0 spiro atoms. The van der Waals surface area contributed by atoms with Gasteiger partial charge in [0.1, 0.15) is 4.90 Å². The summed E-state index contributed by atoms with van der Waals surface area (Å²) in [5.74, 6) is -0.961. The van der Waals surface area contributed by atoms with Gasteiger partial charge in [-0.15, -0.1) is 8.67 Å². The molecule has 5 N–H and O–H groups in total. The summed E-state index contributed by atoms with van der Waals surface area (Å²) >= 11 is 2.36. The van der Waals surface area contributed by atoms with Gasteiger partial charge in [0.2, 0.25) is 5.91 Å². The van der Waals surface area contributed by atoms with Crippen molar-refractivity contribution in [1.82, 2.24) is 4.57 Å². The number of hydrogen-bond donors (Lipinski definition) is 5. The number of hydrogen-bond acceptors (Lipinski definition) is 16. The van der Waals surface area contributed by atoms with E-state index in [2.05, 4.69) is 36.3 Å². The molecule has 16 nitrogen and oxygen atoms in total. The van der Waals surface area contributed by atoms with Crippen molar-refractivity contribution in [2.45, 2.75) is 60.1 Å². The van der Waals surface area contributed by atoms with Gasteiger partial charge in [0.15, 0.2) is 11.6 Å². The van der Waals surface area contributed by atoms with Crippen LogP contribution in [0.3, 0.4) is 0 Å². The van der Waals surface area contributed by atoms with E-state index in [0.717, 1.165) is 43.9 Å². The Kier molecular flexibility index (Phi) is 15.2. The lowest BCUT2D eigenvalue weighted by atomic mass is 9.80. The second kappa shape index (κ2) is 20.3. The number of carbonyl (C=O) groups is 3. The molecular weight excluding hydrogens is 859 g/mol. The Morgan fingerprint density at radius 2 is 1.52 bits per heavy atom. The van der Waals surface area contributed by atoms with Crippen LogP contribution in [0.4, 0.5) is 17.1 Å². The van der Waals surface area contributed by atoms with Gasteiger partial charge in [-0.1, -0.05) is 85.5 Å². The first-order valence-corrected chi connectivity index (χ1v) is 22.6. The number of rotatable bonds is 21. The number of aromatic nitrogens is 1. The van der Waals surface area contributed by atoms with Crippen LogP contribution in [0.2, 0.25) is 0 Å². The highest BCUT2D eigenvalue weighted by atomic mass is 32.2. The van der Waals surface area contributed by atoms with E-state index >= 15 is 0 Å². The SMILES string of the molecule is CCCCCCCCSCC(=O)Nc1cc(Nc2ccc3c4c2C(=O)c2ccccc2-c4c(C(=O)c2cccc(SOOO)c2)c(=O)n3C)c(SOOO)cc1S(=O)(=O)O. The van der Waals surface area contributed by atoms with E-state index in [1.54, 1.807) is 42.5 Å². The van der Waals surface area contributed by atoms with Gasteiger partial charge in [-0.05, 0) is 54.1 Å². The standard InChI is InChI=1S/C40H39N3O13S4/c1-3-4-5-6-7-10-18-57-22-33(44)42-29-20-28(31(59-56-54-49)21-32(29)60(50,51)52)41-27-16-17-30-36-34(25-14-8-9-15-26(25)39(46)35(27)36)37(40(47)43(30)2)38(45)23-12-11-13-24(19-23)58-55-53-48/h8-9,11-17,19-21,41,48-49H,3-7,10,18,22H2,1-2H3,(H,42,44)(H,50,51,52). The van der Waals surface area contributed by atoms with Gasteiger partial charge < -0.3 is 15.2 Å². The summed E-state index contributed by atoms with van der Waals surface area (Å²) in [6.45, 7) is 2.14. The largest absolute Gasteiger partial charge is 0.354 e. The van der Waals surface area contributed by atoms with Gasteiger partial charge in [-0.25, -0.2) is 10.5 Å². The van der Waals surface area contributed by atoms with E-state index in [1.165, 1.54) is 54.1 Å². The predicted molar refractivity (Wildman–Crippen MR) is 228 cm³/mol. The molecule has 1 heterocycles. The maximum absolute atomic E-state index is 14.5. The lowest BCUT2D eigenvalue weighted by Gasteiger charge is -2.26. The molecule has 0 atom stereocenters. The monoisotopic (exact) mass is 897 g/mol. The number of unbranched alkanes of at least 4 members (excludes halogenated alkanes) is 5. The fraction of sp³-hybridized carbons (Fsp3) is 0.250. The minimum absolute atomic E-state index is 0.000127. The Morgan fingerprint density at radius 1 is 0.800 bits per heavy atom. The zero-order valence-electron chi connectivity index (χ0n) is 32.1. The molecule has 0 saturated heterocycles. The second-order valence-electron chi connectivity index (χ2n) is 13.5. The van der Waals surface area contributed by atoms with E-state index in [-0.39, 0.29) is 60.9 Å². The van der Waals surface area contributed by atoms with Gasteiger partial charge in [0, 0.05) is 34.0 Å². The van der Waals surface area contributed by atoms with Crippen molar-refractivity contribution in [2.24, 2.45) is 7.05 Å². The fourth-order valence-corrected chi connectivity index (χ4v) is 9.37. The summed E-state index contributed by atoms with van der Waals surface area (Å²) < 4.78 is 45.9. The first kappa shape index (κ1) is 45.0. The van der Waals surface area contributed by atoms with Crippen LogP contribution >= 0.6 is 35.8 Å². The lowest BCUT2D eigenvalue weighted by molar-refractivity contribution is -0.432. The van der Waals surface area contributed by atoms with Crippen LogP contribution in [0.25, 0.3) is 22.0 Å². The summed E-state index contributed by atoms with van der Waals surface area (Å²) in [6.07, 6.45) is 6.51. The van der Waals surface area contributed by atoms with E-state index in [1.807, 2.05) is 0 Å². The topological polar surface area (TPSA) is 229 Å². The average Bonchev–Trinajstić information content (AvgIpc) is 3.23. The van der Waals surface area contributed by atoms with Gasteiger partial charge in [-0.3, -0.25) is 23.7 Å². The third kappa shape index (κ3) is 9.96. The van der Waals surface area contributed by atoms with Crippen LogP contribution in [-0.4, -0.2) is 57.0 Å². The summed E-state index contributed by atoms with van der Waals surface area (Å²) in [4.78, 5) is 55.9. The maximum Gasteiger partial charge on any atom is 0.296 e. The first-order valence-electron chi connectivity index (χ1n) is 18.5. The first-order chi connectivity index (χ1) is 28.9. The van der Waals surface area contributed by atoms with Crippen LogP contribution in [-0.2, 0) is 40.7 Å². The summed E-state index contributed by atoms with van der Waals surface area (Å²) in [5.41, 5.74) is 0.179. The molecule has 5 aromatic rings. The Hall–Kier alpha value is -4.58. The van der Waals surface area contributed by atoms with Crippen molar-refractivity contribution in [3.63, 3.8) is 0 Å².